The fourth-order valence-corrected chi connectivity index (χ4v) is 1.22. The first kappa shape index (κ1) is 11.5. The van der Waals surface area contributed by atoms with Gasteiger partial charge < -0.3 is 0 Å². The summed E-state index contributed by atoms with van der Waals surface area (Å²) in [5, 5.41) is 10.4. The number of nitrogens with zero attached hydrogens (tertiary/aromatic N) is 1. The maximum absolute atomic E-state index is 12.6. The largest absolute Gasteiger partial charge is 0.407 e. The molecule has 0 saturated heterocycles. The van der Waals surface area contributed by atoms with Crippen molar-refractivity contribution < 1.29 is 13.2 Å². The van der Waals surface area contributed by atoms with Crippen LogP contribution in [0.5, 0.6) is 0 Å². The SMILES string of the molecule is N#CCNC(c1ccccc1)C(F)(F)F. The van der Waals surface area contributed by atoms with Crippen molar-refractivity contribution in [3.63, 3.8) is 0 Å². The van der Waals surface area contributed by atoms with E-state index in [4.69, 9.17) is 5.26 Å². The molecule has 1 aromatic rings. The van der Waals surface area contributed by atoms with Crippen molar-refractivity contribution in [2.24, 2.45) is 0 Å². The van der Waals surface area contributed by atoms with Gasteiger partial charge in [0.25, 0.3) is 0 Å². The lowest BCUT2D eigenvalue weighted by molar-refractivity contribution is -0.157. The number of hydrogen-bond acceptors (Lipinski definition) is 2. The third-order valence-electron chi connectivity index (χ3n) is 1.85. The van der Waals surface area contributed by atoms with Crippen LogP contribution >= 0.6 is 0 Å². The van der Waals surface area contributed by atoms with Gasteiger partial charge >= 0.3 is 6.18 Å². The van der Waals surface area contributed by atoms with E-state index in [0.717, 1.165) is 0 Å². The van der Waals surface area contributed by atoms with Gasteiger partial charge in [0.05, 0.1) is 12.6 Å². The molecule has 1 aromatic carbocycles. The Morgan fingerprint density at radius 1 is 1.27 bits per heavy atom. The molecule has 2 nitrogen and oxygen atoms in total. The first-order valence-corrected chi connectivity index (χ1v) is 4.27. The maximum atomic E-state index is 12.6. The fraction of sp³-hybridized carbons (Fsp3) is 0.300. The molecule has 1 rings (SSSR count). The highest BCUT2D eigenvalue weighted by Crippen LogP contribution is 2.32. The maximum Gasteiger partial charge on any atom is 0.407 e. The normalized spacial score (nSPS) is 13.2. The zero-order valence-corrected chi connectivity index (χ0v) is 7.75. The average molecular weight is 214 g/mol. The van der Waals surface area contributed by atoms with Gasteiger partial charge in [-0.2, -0.15) is 18.4 Å². The lowest BCUT2D eigenvalue weighted by Gasteiger charge is -2.20. The van der Waals surface area contributed by atoms with E-state index in [1.807, 2.05) is 0 Å². The van der Waals surface area contributed by atoms with Crippen molar-refractivity contribution in [2.75, 3.05) is 6.54 Å². The summed E-state index contributed by atoms with van der Waals surface area (Å²) in [6, 6.07) is 7.30. The number of rotatable bonds is 3. The second-order valence-electron chi connectivity index (χ2n) is 2.92. The molecule has 1 atom stereocenters. The summed E-state index contributed by atoms with van der Waals surface area (Å²) in [5.41, 5.74) is 0.111. The zero-order chi connectivity index (χ0) is 11.3. The highest BCUT2D eigenvalue weighted by Gasteiger charge is 2.40. The van der Waals surface area contributed by atoms with Gasteiger partial charge in [0.1, 0.15) is 6.04 Å². The topological polar surface area (TPSA) is 35.8 Å². The Bertz CT molecular complexity index is 340. The molecule has 15 heavy (non-hydrogen) atoms. The number of halogens is 3. The lowest BCUT2D eigenvalue weighted by atomic mass is 10.1. The Morgan fingerprint density at radius 2 is 1.87 bits per heavy atom. The molecular formula is C10H9F3N2. The molecule has 1 unspecified atom stereocenters. The molecule has 0 bridgehead atoms. The third-order valence-corrected chi connectivity index (χ3v) is 1.85. The summed E-state index contributed by atoms with van der Waals surface area (Å²) in [7, 11) is 0. The van der Waals surface area contributed by atoms with E-state index in [1.165, 1.54) is 24.3 Å². The number of benzene rings is 1. The van der Waals surface area contributed by atoms with Gasteiger partial charge in [-0.05, 0) is 5.56 Å². The Morgan fingerprint density at radius 3 is 2.33 bits per heavy atom. The van der Waals surface area contributed by atoms with Gasteiger partial charge in [-0.3, -0.25) is 5.32 Å². The monoisotopic (exact) mass is 214 g/mol. The zero-order valence-electron chi connectivity index (χ0n) is 7.75. The molecular weight excluding hydrogens is 205 g/mol. The number of alkyl halides is 3. The van der Waals surface area contributed by atoms with E-state index in [9.17, 15) is 13.2 Å². The van der Waals surface area contributed by atoms with E-state index in [2.05, 4.69) is 5.32 Å². The first-order valence-electron chi connectivity index (χ1n) is 4.27. The van der Waals surface area contributed by atoms with E-state index in [1.54, 1.807) is 12.1 Å². The Hall–Kier alpha value is -1.54. The first-order chi connectivity index (χ1) is 7.05. The van der Waals surface area contributed by atoms with Crippen molar-refractivity contribution in [1.82, 2.24) is 5.32 Å². The molecule has 80 valence electrons. The van der Waals surface area contributed by atoms with Crippen molar-refractivity contribution >= 4 is 0 Å². The summed E-state index contributed by atoms with van der Waals surface area (Å²) >= 11 is 0. The van der Waals surface area contributed by atoms with Gasteiger partial charge in [0.2, 0.25) is 0 Å². The van der Waals surface area contributed by atoms with Crippen molar-refractivity contribution in [3.05, 3.63) is 35.9 Å². The minimum absolute atomic E-state index is 0.111. The van der Waals surface area contributed by atoms with Gasteiger partial charge in [0.15, 0.2) is 0 Å². The van der Waals surface area contributed by atoms with Gasteiger partial charge in [-0.15, -0.1) is 0 Å². The van der Waals surface area contributed by atoms with Crippen LogP contribution in [-0.2, 0) is 0 Å². The Balaban J connectivity index is 2.88. The van der Waals surface area contributed by atoms with Crippen LogP contribution in [0.2, 0.25) is 0 Å². The second kappa shape index (κ2) is 4.80. The summed E-state index contributed by atoms with van der Waals surface area (Å²) in [6.45, 7) is -0.334. The van der Waals surface area contributed by atoms with Gasteiger partial charge in [-0.25, -0.2) is 0 Å². The highest BCUT2D eigenvalue weighted by atomic mass is 19.4. The lowest BCUT2D eigenvalue weighted by Crippen LogP contribution is -2.34. The summed E-state index contributed by atoms with van der Waals surface area (Å²) in [6.07, 6.45) is -4.39. The number of nitriles is 1. The Kier molecular flexibility index (Phi) is 3.69. The average Bonchev–Trinajstić information content (AvgIpc) is 2.18. The minimum Gasteiger partial charge on any atom is -0.290 e. The fourth-order valence-electron chi connectivity index (χ4n) is 1.22. The van der Waals surface area contributed by atoms with Crippen molar-refractivity contribution in [2.45, 2.75) is 12.2 Å². The number of nitrogens with one attached hydrogen (secondary N) is 1. The van der Waals surface area contributed by atoms with Crippen LogP contribution in [-0.4, -0.2) is 12.7 Å². The smallest absolute Gasteiger partial charge is 0.290 e. The minimum atomic E-state index is -4.39. The van der Waals surface area contributed by atoms with Crippen molar-refractivity contribution in [1.29, 1.82) is 5.26 Å². The standard InChI is InChI=1S/C10H9F3N2/c11-10(12,13)9(15-7-6-14)8-4-2-1-3-5-8/h1-5,9,15H,7H2. The summed E-state index contributed by atoms with van der Waals surface area (Å²) in [5.74, 6) is 0. The van der Waals surface area contributed by atoms with Gasteiger partial charge in [-0.1, -0.05) is 30.3 Å². The van der Waals surface area contributed by atoms with Crippen LogP contribution in [0.4, 0.5) is 13.2 Å². The molecule has 5 heteroatoms. The molecule has 0 heterocycles. The van der Waals surface area contributed by atoms with Crippen LogP contribution in [0.25, 0.3) is 0 Å². The van der Waals surface area contributed by atoms with Crippen LogP contribution in [0, 0.1) is 11.3 Å². The van der Waals surface area contributed by atoms with Gasteiger partial charge in [0, 0.05) is 0 Å². The summed E-state index contributed by atoms with van der Waals surface area (Å²) in [4.78, 5) is 0. The molecule has 0 saturated carbocycles. The molecule has 0 aromatic heterocycles. The predicted octanol–water partition coefficient (Wildman–Crippen LogP) is 2.40. The molecule has 0 amide bonds. The quantitative estimate of drug-likeness (QED) is 0.784. The molecule has 0 aliphatic carbocycles. The third kappa shape index (κ3) is 3.26. The molecule has 0 radical (unpaired) electrons. The van der Waals surface area contributed by atoms with Crippen molar-refractivity contribution in [3.8, 4) is 6.07 Å². The molecule has 0 aliphatic heterocycles. The molecule has 0 fully saturated rings. The summed E-state index contributed by atoms with van der Waals surface area (Å²) < 4.78 is 37.7. The molecule has 0 spiro atoms. The van der Waals surface area contributed by atoms with Crippen LogP contribution < -0.4 is 5.32 Å². The van der Waals surface area contributed by atoms with E-state index >= 15 is 0 Å². The predicted molar refractivity (Wildman–Crippen MR) is 48.9 cm³/mol. The highest BCUT2D eigenvalue weighted by molar-refractivity contribution is 5.20. The molecule has 1 N–H and O–H groups in total. The van der Waals surface area contributed by atoms with Crippen LogP contribution in [0.1, 0.15) is 11.6 Å². The van der Waals surface area contributed by atoms with Crippen LogP contribution in [0.3, 0.4) is 0 Å². The second-order valence-corrected chi connectivity index (χ2v) is 2.92. The van der Waals surface area contributed by atoms with E-state index in [0.29, 0.717) is 0 Å². The van der Waals surface area contributed by atoms with E-state index < -0.39 is 12.2 Å². The van der Waals surface area contributed by atoms with E-state index in [-0.39, 0.29) is 12.1 Å². The molecule has 0 aliphatic rings. The van der Waals surface area contributed by atoms with Crippen LogP contribution in [0.15, 0.2) is 30.3 Å². The Labute approximate surface area is 85.3 Å². The number of hydrogen-bond donors (Lipinski definition) is 1.